The van der Waals surface area contributed by atoms with Gasteiger partial charge in [-0.3, -0.25) is 0 Å². The van der Waals surface area contributed by atoms with Crippen LogP contribution in [0.3, 0.4) is 0 Å². The van der Waals surface area contributed by atoms with Crippen LogP contribution in [-0.2, 0) is 4.74 Å². The second-order valence-corrected chi connectivity index (χ2v) is 5.03. The fourth-order valence-corrected chi connectivity index (χ4v) is 1.28. The maximum absolute atomic E-state index is 11.4. The molecule has 0 aliphatic heterocycles. The minimum absolute atomic E-state index is 0.221. The lowest BCUT2D eigenvalue weighted by atomic mass is 10.2. The predicted octanol–water partition coefficient (Wildman–Crippen LogP) is 1.85. The molecule has 1 heterocycles. The average molecular weight is 261 g/mol. The van der Waals surface area contributed by atoms with Crippen LogP contribution >= 0.6 is 0 Å². The minimum atomic E-state index is -0.505. The summed E-state index contributed by atoms with van der Waals surface area (Å²) < 4.78 is 5.08. The van der Waals surface area contributed by atoms with Gasteiger partial charge in [0.25, 0.3) is 0 Å². The summed E-state index contributed by atoms with van der Waals surface area (Å²) in [5.41, 5.74) is 6.60. The highest BCUT2D eigenvalue weighted by Crippen LogP contribution is 2.07. The average Bonchev–Trinajstić information content (AvgIpc) is 2.24. The molecule has 1 aromatic rings. The molecule has 5 heteroatoms. The van der Waals surface area contributed by atoms with Crippen molar-refractivity contribution in [2.45, 2.75) is 33.3 Å². The Bertz CT molecular complexity index is 522. The molecule has 0 atom stereocenters. The van der Waals surface area contributed by atoms with E-state index in [-0.39, 0.29) is 6.54 Å². The normalized spacial score (nSPS) is 10.3. The van der Waals surface area contributed by atoms with Crippen LogP contribution in [-0.4, -0.2) is 23.2 Å². The summed E-state index contributed by atoms with van der Waals surface area (Å²) in [6.07, 6.45) is -0.478. The fourth-order valence-electron chi connectivity index (χ4n) is 1.28. The zero-order chi connectivity index (χ0) is 14.5. The largest absolute Gasteiger partial charge is 0.444 e. The minimum Gasteiger partial charge on any atom is -0.444 e. The first-order valence-corrected chi connectivity index (χ1v) is 5.97. The number of carbonyl (C=O) groups excluding carboxylic acids is 1. The lowest BCUT2D eigenvalue weighted by Gasteiger charge is -2.19. The third kappa shape index (κ3) is 5.77. The highest BCUT2D eigenvalue weighted by atomic mass is 16.6. The molecule has 0 fully saturated rings. The third-order valence-corrected chi connectivity index (χ3v) is 2.05. The van der Waals surface area contributed by atoms with Crippen molar-refractivity contribution in [2.24, 2.45) is 0 Å². The van der Waals surface area contributed by atoms with Gasteiger partial charge in [0.2, 0.25) is 0 Å². The van der Waals surface area contributed by atoms with Crippen LogP contribution in [0.1, 0.15) is 32.0 Å². The Labute approximate surface area is 113 Å². The van der Waals surface area contributed by atoms with E-state index in [1.807, 2.05) is 27.7 Å². The second kappa shape index (κ2) is 6.10. The fraction of sp³-hybridized carbons (Fsp3) is 0.429. The van der Waals surface area contributed by atoms with Crippen LogP contribution in [0, 0.1) is 18.8 Å². The first kappa shape index (κ1) is 14.8. The summed E-state index contributed by atoms with van der Waals surface area (Å²) in [5, 5.41) is 2.56. The molecule has 1 amide bonds. The SMILES string of the molecule is Cc1nc(N)ccc1C#CCNC(=O)OC(C)(C)C. The van der Waals surface area contributed by atoms with Gasteiger partial charge in [-0.05, 0) is 39.8 Å². The number of nitrogens with zero attached hydrogens (tertiary/aromatic N) is 1. The van der Waals surface area contributed by atoms with Gasteiger partial charge in [0.1, 0.15) is 11.4 Å². The van der Waals surface area contributed by atoms with Crippen LogP contribution in [0.4, 0.5) is 10.6 Å². The van der Waals surface area contributed by atoms with Gasteiger partial charge >= 0.3 is 6.09 Å². The van der Waals surface area contributed by atoms with Gasteiger partial charge < -0.3 is 15.8 Å². The topological polar surface area (TPSA) is 77.2 Å². The number of aryl methyl sites for hydroxylation is 1. The first-order valence-electron chi connectivity index (χ1n) is 5.97. The Morgan fingerprint density at radius 3 is 2.74 bits per heavy atom. The van der Waals surface area contributed by atoms with Crippen molar-refractivity contribution in [3.05, 3.63) is 23.4 Å². The second-order valence-electron chi connectivity index (χ2n) is 5.03. The van der Waals surface area contributed by atoms with Crippen molar-refractivity contribution >= 4 is 11.9 Å². The van der Waals surface area contributed by atoms with Gasteiger partial charge in [-0.25, -0.2) is 9.78 Å². The molecular formula is C14H19N3O2. The summed E-state index contributed by atoms with van der Waals surface area (Å²) in [4.78, 5) is 15.5. The van der Waals surface area contributed by atoms with Crippen molar-refractivity contribution in [1.82, 2.24) is 10.3 Å². The molecule has 102 valence electrons. The van der Waals surface area contributed by atoms with Crippen molar-refractivity contribution < 1.29 is 9.53 Å². The van der Waals surface area contributed by atoms with E-state index < -0.39 is 11.7 Å². The molecule has 0 bridgehead atoms. The Morgan fingerprint density at radius 1 is 1.47 bits per heavy atom. The molecular weight excluding hydrogens is 242 g/mol. The Kier molecular flexibility index (Phi) is 4.76. The summed E-state index contributed by atoms with van der Waals surface area (Å²) in [5.74, 6) is 6.22. The maximum Gasteiger partial charge on any atom is 0.408 e. The van der Waals surface area contributed by atoms with E-state index in [1.165, 1.54) is 0 Å². The van der Waals surface area contributed by atoms with Crippen LogP contribution in [0.25, 0.3) is 0 Å². The van der Waals surface area contributed by atoms with Crippen LogP contribution in [0.5, 0.6) is 0 Å². The number of nitrogens with one attached hydrogen (secondary N) is 1. The summed E-state index contributed by atoms with van der Waals surface area (Å²) >= 11 is 0. The number of amides is 1. The lowest BCUT2D eigenvalue weighted by molar-refractivity contribution is 0.0535. The number of rotatable bonds is 1. The van der Waals surface area contributed by atoms with Crippen LogP contribution in [0.2, 0.25) is 0 Å². The molecule has 0 aromatic carbocycles. The zero-order valence-electron chi connectivity index (χ0n) is 11.7. The molecule has 1 rings (SSSR count). The molecule has 5 nitrogen and oxygen atoms in total. The lowest BCUT2D eigenvalue weighted by Crippen LogP contribution is -2.32. The first-order chi connectivity index (χ1) is 8.78. The number of nitrogens with two attached hydrogens (primary N) is 1. The molecule has 0 spiro atoms. The van der Waals surface area contributed by atoms with E-state index >= 15 is 0 Å². The van der Waals surface area contributed by atoms with Crippen LogP contribution < -0.4 is 11.1 Å². The van der Waals surface area contributed by atoms with Gasteiger partial charge in [0.15, 0.2) is 0 Å². The molecule has 0 unspecified atom stereocenters. The standard InChI is InChI=1S/C14H19N3O2/c1-10-11(7-8-12(15)17-10)6-5-9-16-13(18)19-14(2,3)4/h7-8H,9H2,1-4H3,(H2,15,17)(H,16,18). The highest BCUT2D eigenvalue weighted by molar-refractivity contribution is 5.68. The molecule has 0 aliphatic rings. The molecule has 0 aliphatic carbocycles. The van der Waals surface area contributed by atoms with Crippen LogP contribution in [0.15, 0.2) is 12.1 Å². The molecule has 3 N–H and O–H groups in total. The molecule has 0 saturated heterocycles. The number of anilines is 1. The number of pyridine rings is 1. The van der Waals surface area contributed by atoms with E-state index in [0.29, 0.717) is 5.82 Å². The molecule has 0 radical (unpaired) electrons. The van der Waals surface area contributed by atoms with Gasteiger partial charge in [0, 0.05) is 5.56 Å². The Morgan fingerprint density at radius 2 is 2.16 bits per heavy atom. The van der Waals surface area contributed by atoms with Crippen molar-refractivity contribution in [3.63, 3.8) is 0 Å². The number of carbonyl (C=O) groups is 1. The number of hydrogen-bond acceptors (Lipinski definition) is 4. The molecule has 0 saturated carbocycles. The molecule has 1 aromatic heterocycles. The van der Waals surface area contributed by atoms with Gasteiger partial charge in [-0.2, -0.15) is 0 Å². The zero-order valence-corrected chi connectivity index (χ0v) is 11.7. The van der Waals surface area contributed by atoms with E-state index in [9.17, 15) is 4.79 Å². The Balaban J connectivity index is 2.50. The summed E-state index contributed by atoms with van der Waals surface area (Å²) in [6, 6.07) is 3.50. The van der Waals surface area contributed by atoms with E-state index in [0.717, 1.165) is 11.3 Å². The van der Waals surface area contributed by atoms with Gasteiger partial charge in [-0.15, -0.1) is 0 Å². The summed E-state index contributed by atoms with van der Waals surface area (Å²) in [7, 11) is 0. The van der Waals surface area contributed by atoms with Crippen molar-refractivity contribution in [3.8, 4) is 11.8 Å². The summed E-state index contributed by atoms with van der Waals surface area (Å²) in [6.45, 7) is 7.48. The smallest absolute Gasteiger partial charge is 0.408 e. The molecule has 19 heavy (non-hydrogen) atoms. The van der Waals surface area contributed by atoms with Crippen molar-refractivity contribution in [1.29, 1.82) is 0 Å². The third-order valence-electron chi connectivity index (χ3n) is 2.05. The quantitative estimate of drug-likeness (QED) is 0.756. The monoisotopic (exact) mass is 261 g/mol. The number of hydrogen-bond donors (Lipinski definition) is 2. The highest BCUT2D eigenvalue weighted by Gasteiger charge is 2.14. The van der Waals surface area contributed by atoms with E-state index in [2.05, 4.69) is 22.1 Å². The van der Waals surface area contributed by atoms with Gasteiger partial charge in [-0.1, -0.05) is 11.8 Å². The number of ether oxygens (including phenoxy) is 1. The van der Waals surface area contributed by atoms with E-state index in [1.54, 1.807) is 12.1 Å². The number of aromatic nitrogens is 1. The van der Waals surface area contributed by atoms with Crippen molar-refractivity contribution in [2.75, 3.05) is 12.3 Å². The maximum atomic E-state index is 11.4. The number of nitrogen functional groups attached to an aromatic ring is 1. The number of alkyl carbamates (subject to hydrolysis) is 1. The van der Waals surface area contributed by atoms with Gasteiger partial charge in [0.05, 0.1) is 12.2 Å². The Hall–Kier alpha value is -2.22. The van der Waals surface area contributed by atoms with E-state index in [4.69, 9.17) is 10.5 Å². The predicted molar refractivity (Wildman–Crippen MR) is 74.5 cm³/mol.